The standard InChI is InChI=1S/C25H36N2O/c1-3-5-6-7-20-8-10-21(11-9-20)12-13-22-14-16-23(17-15-22)25-26-18-24(19-27-25)28-4-2/h14-21H,3-13H2,1-2H3/t20-,21-. The molecule has 3 nitrogen and oxygen atoms in total. The molecule has 3 rings (SSSR count). The molecular formula is C25H36N2O. The molecule has 0 spiro atoms. The lowest BCUT2D eigenvalue weighted by molar-refractivity contribution is 0.249. The molecule has 2 aromatic rings. The van der Waals surface area contributed by atoms with Crippen LogP contribution < -0.4 is 4.74 Å². The second kappa shape index (κ2) is 11.2. The van der Waals surface area contributed by atoms with Gasteiger partial charge in [0.25, 0.3) is 0 Å². The topological polar surface area (TPSA) is 35.0 Å². The third-order valence-corrected chi connectivity index (χ3v) is 6.17. The molecule has 1 heterocycles. The Morgan fingerprint density at radius 3 is 2.11 bits per heavy atom. The van der Waals surface area contributed by atoms with E-state index in [4.69, 9.17) is 4.74 Å². The maximum atomic E-state index is 5.41. The zero-order valence-electron chi connectivity index (χ0n) is 17.7. The van der Waals surface area contributed by atoms with Crippen molar-refractivity contribution in [1.29, 1.82) is 0 Å². The molecule has 1 aromatic heterocycles. The fourth-order valence-electron chi connectivity index (χ4n) is 4.39. The maximum Gasteiger partial charge on any atom is 0.159 e. The molecule has 1 saturated carbocycles. The van der Waals surface area contributed by atoms with Gasteiger partial charge in [-0.2, -0.15) is 0 Å². The highest BCUT2D eigenvalue weighted by atomic mass is 16.5. The molecule has 0 amide bonds. The average molecular weight is 381 g/mol. The van der Waals surface area contributed by atoms with Crippen molar-refractivity contribution in [2.75, 3.05) is 6.61 Å². The second-order valence-corrected chi connectivity index (χ2v) is 8.29. The number of hydrogen-bond acceptors (Lipinski definition) is 3. The molecule has 0 aliphatic heterocycles. The van der Waals surface area contributed by atoms with Crippen molar-refractivity contribution >= 4 is 0 Å². The molecule has 1 aliphatic carbocycles. The number of nitrogens with zero attached hydrogens (tertiary/aromatic N) is 2. The van der Waals surface area contributed by atoms with E-state index in [1.54, 1.807) is 12.4 Å². The number of rotatable bonds is 10. The van der Waals surface area contributed by atoms with Crippen LogP contribution >= 0.6 is 0 Å². The van der Waals surface area contributed by atoms with Gasteiger partial charge in [0.05, 0.1) is 19.0 Å². The third-order valence-electron chi connectivity index (χ3n) is 6.17. The van der Waals surface area contributed by atoms with Crippen molar-refractivity contribution in [3.8, 4) is 17.1 Å². The zero-order chi connectivity index (χ0) is 19.6. The Labute approximate surface area is 171 Å². The highest BCUT2D eigenvalue weighted by molar-refractivity contribution is 5.55. The summed E-state index contributed by atoms with van der Waals surface area (Å²) in [7, 11) is 0. The summed E-state index contributed by atoms with van der Waals surface area (Å²) in [4.78, 5) is 8.83. The fraction of sp³-hybridized carbons (Fsp3) is 0.600. The van der Waals surface area contributed by atoms with Crippen molar-refractivity contribution < 1.29 is 4.74 Å². The van der Waals surface area contributed by atoms with Crippen molar-refractivity contribution in [3.05, 3.63) is 42.2 Å². The van der Waals surface area contributed by atoms with Gasteiger partial charge in [-0.1, -0.05) is 82.6 Å². The van der Waals surface area contributed by atoms with Gasteiger partial charge >= 0.3 is 0 Å². The molecule has 0 N–H and O–H groups in total. The predicted octanol–water partition coefficient (Wildman–Crippen LogP) is 6.86. The van der Waals surface area contributed by atoms with Crippen LogP contribution in [0.3, 0.4) is 0 Å². The van der Waals surface area contributed by atoms with Gasteiger partial charge in [0.1, 0.15) is 0 Å². The van der Waals surface area contributed by atoms with Gasteiger partial charge in [0.15, 0.2) is 11.6 Å². The van der Waals surface area contributed by atoms with Crippen LogP contribution in [0.2, 0.25) is 0 Å². The van der Waals surface area contributed by atoms with E-state index in [0.29, 0.717) is 6.61 Å². The molecule has 0 bridgehead atoms. The Kier molecular flexibility index (Phi) is 8.32. The minimum Gasteiger partial charge on any atom is -0.491 e. The number of aryl methyl sites for hydroxylation is 1. The molecular weight excluding hydrogens is 344 g/mol. The van der Waals surface area contributed by atoms with Gasteiger partial charge < -0.3 is 4.74 Å². The first-order valence-electron chi connectivity index (χ1n) is 11.3. The molecule has 152 valence electrons. The summed E-state index contributed by atoms with van der Waals surface area (Å²) in [5.74, 6) is 3.42. The largest absolute Gasteiger partial charge is 0.491 e. The molecule has 0 atom stereocenters. The Morgan fingerprint density at radius 2 is 1.50 bits per heavy atom. The Bertz CT molecular complexity index is 673. The van der Waals surface area contributed by atoms with E-state index in [0.717, 1.165) is 29.0 Å². The van der Waals surface area contributed by atoms with Crippen LogP contribution in [0.25, 0.3) is 11.4 Å². The predicted molar refractivity (Wildman–Crippen MR) is 117 cm³/mol. The first kappa shape index (κ1) is 20.8. The van der Waals surface area contributed by atoms with E-state index >= 15 is 0 Å². The van der Waals surface area contributed by atoms with Crippen LogP contribution in [0.1, 0.15) is 77.2 Å². The minimum atomic E-state index is 0.637. The van der Waals surface area contributed by atoms with Crippen LogP contribution in [0.5, 0.6) is 5.75 Å². The van der Waals surface area contributed by atoms with E-state index in [1.807, 2.05) is 6.92 Å². The van der Waals surface area contributed by atoms with Crippen LogP contribution in [0.4, 0.5) is 0 Å². The van der Waals surface area contributed by atoms with Crippen molar-refractivity contribution in [2.45, 2.75) is 78.1 Å². The van der Waals surface area contributed by atoms with Gasteiger partial charge in [-0.05, 0) is 37.2 Å². The highest BCUT2D eigenvalue weighted by Gasteiger charge is 2.20. The Hall–Kier alpha value is -1.90. The monoisotopic (exact) mass is 380 g/mol. The van der Waals surface area contributed by atoms with E-state index in [9.17, 15) is 0 Å². The second-order valence-electron chi connectivity index (χ2n) is 8.29. The van der Waals surface area contributed by atoms with Crippen molar-refractivity contribution in [1.82, 2.24) is 9.97 Å². The Morgan fingerprint density at radius 1 is 0.857 bits per heavy atom. The van der Waals surface area contributed by atoms with E-state index < -0.39 is 0 Å². The summed E-state index contributed by atoms with van der Waals surface area (Å²) < 4.78 is 5.41. The summed E-state index contributed by atoms with van der Waals surface area (Å²) in [6, 6.07) is 8.78. The van der Waals surface area contributed by atoms with E-state index in [2.05, 4.69) is 41.2 Å². The van der Waals surface area contributed by atoms with Gasteiger partial charge in [0, 0.05) is 5.56 Å². The van der Waals surface area contributed by atoms with Crippen LogP contribution in [0, 0.1) is 11.8 Å². The van der Waals surface area contributed by atoms with Gasteiger partial charge in [-0.3, -0.25) is 0 Å². The van der Waals surface area contributed by atoms with Gasteiger partial charge in [-0.15, -0.1) is 0 Å². The van der Waals surface area contributed by atoms with Gasteiger partial charge in [0.2, 0.25) is 0 Å². The molecule has 1 fully saturated rings. The SMILES string of the molecule is CCCCC[C@H]1CC[C@H](CCc2ccc(-c3ncc(OCC)cn3)cc2)CC1. The molecule has 0 saturated heterocycles. The lowest BCUT2D eigenvalue weighted by Gasteiger charge is -2.28. The summed E-state index contributed by atoms with van der Waals surface area (Å²) >= 11 is 0. The fourth-order valence-corrected chi connectivity index (χ4v) is 4.39. The first-order chi connectivity index (χ1) is 13.8. The molecule has 0 unspecified atom stereocenters. The highest BCUT2D eigenvalue weighted by Crippen LogP contribution is 2.34. The quantitative estimate of drug-likeness (QED) is 0.422. The number of hydrogen-bond donors (Lipinski definition) is 0. The normalized spacial score (nSPS) is 19.5. The average Bonchev–Trinajstić information content (AvgIpc) is 2.75. The summed E-state index contributed by atoms with van der Waals surface area (Å²) in [5.41, 5.74) is 2.50. The van der Waals surface area contributed by atoms with E-state index in [1.165, 1.54) is 69.8 Å². The molecule has 3 heteroatoms. The maximum absolute atomic E-state index is 5.41. The number of unbranched alkanes of at least 4 members (excludes halogenated alkanes) is 2. The van der Waals surface area contributed by atoms with E-state index in [-0.39, 0.29) is 0 Å². The number of benzene rings is 1. The smallest absolute Gasteiger partial charge is 0.159 e. The Balaban J connectivity index is 1.42. The van der Waals surface area contributed by atoms with Crippen LogP contribution in [0.15, 0.2) is 36.7 Å². The lowest BCUT2D eigenvalue weighted by atomic mass is 9.78. The molecule has 1 aromatic carbocycles. The third kappa shape index (κ3) is 6.32. The van der Waals surface area contributed by atoms with Crippen molar-refractivity contribution in [3.63, 3.8) is 0 Å². The molecule has 1 aliphatic rings. The van der Waals surface area contributed by atoms with Crippen LogP contribution in [-0.2, 0) is 6.42 Å². The van der Waals surface area contributed by atoms with Crippen LogP contribution in [-0.4, -0.2) is 16.6 Å². The van der Waals surface area contributed by atoms with Crippen molar-refractivity contribution in [2.24, 2.45) is 11.8 Å². The number of ether oxygens (including phenoxy) is 1. The lowest BCUT2D eigenvalue weighted by Crippen LogP contribution is -2.15. The summed E-state index contributed by atoms with van der Waals surface area (Å²) in [6.45, 7) is 4.90. The molecule has 28 heavy (non-hydrogen) atoms. The minimum absolute atomic E-state index is 0.637. The summed E-state index contributed by atoms with van der Waals surface area (Å²) in [5, 5.41) is 0. The zero-order valence-corrected chi connectivity index (χ0v) is 17.7. The number of aromatic nitrogens is 2. The molecule has 0 radical (unpaired) electrons. The summed E-state index contributed by atoms with van der Waals surface area (Å²) in [6.07, 6.45) is 17.5. The first-order valence-corrected chi connectivity index (χ1v) is 11.3. The van der Waals surface area contributed by atoms with Gasteiger partial charge in [-0.25, -0.2) is 9.97 Å².